The maximum atomic E-state index is 12.4. The van der Waals surface area contributed by atoms with Gasteiger partial charge in [-0.1, -0.05) is 0 Å². The smallest absolute Gasteiger partial charge is 0.252 e. The first kappa shape index (κ1) is 15.4. The molecule has 2 N–H and O–H groups in total. The Morgan fingerprint density at radius 3 is 2.45 bits per heavy atom. The number of nitrogens with one attached hydrogen (secondary N) is 2. The lowest BCUT2D eigenvalue weighted by Crippen LogP contribution is -2.42. The Labute approximate surface area is 132 Å². The third-order valence-corrected chi connectivity index (χ3v) is 4.28. The van der Waals surface area contributed by atoms with Crippen LogP contribution in [0.25, 0.3) is 0 Å². The Bertz CT molecular complexity index is 488. The largest absolute Gasteiger partial charge is 0.493 e. The summed E-state index contributed by atoms with van der Waals surface area (Å²) >= 11 is 2.14. The molecule has 1 heterocycles. The van der Waals surface area contributed by atoms with E-state index < -0.39 is 0 Å². The quantitative estimate of drug-likeness (QED) is 0.770. The van der Waals surface area contributed by atoms with Crippen molar-refractivity contribution in [1.82, 2.24) is 10.6 Å². The van der Waals surface area contributed by atoms with E-state index in [-0.39, 0.29) is 11.9 Å². The molecule has 1 aromatic carbocycles. The number of benzene rings is 1. The molecule has 1 fully saturated rings. The lowest BCUT2D eigenvalue weighted by atomic mass is 10.1. The zero-order valence-corrected chi connectivity index (χ0v) is 13.8. The second kappa shape index (κ2) is 7.12. The summed E-state index contributed by atoms with van der Waals surface area (Å²) in [5.41, 5.74) is 0.627. The minimum Gasteiger partial charge on any atom is -0.493 e. The molecule has 20 heavy (non-hydrogen) atoms. The average Bonchev–Trinajstić information content (AvgIpc) is 2.47. The molecule has 0 atom stereocenters. The fraction of sp³-hybridized carbons (Fsp3) is 0.500. The second-order valence-electron chi connectivity index (χ2n) is 4.68. The van der Waals surface area contributed by atoms with Gasteiger partial charge in [0.15, 0.2) is 11.5 Å². The van der Waals surface area contributed by atoms with Crippen LogP contribution in [0.1, 0.15) is 23.2 Å². The first-order valence-electron chi connectivity index (χ1n) is 6.58. The fourth-order valence-electron chi connectivity index (χ4n) is 2.26. The van der Waals surface area contributed by atoms with E-state index in [1.54, 1.807) is 20.3 Å². The Balaban J connectivity index is 2.16. The molecule has 1 amide bonds. The maximum Gasteiger partial charge on any atom is 0.252 e. The van der Waals surface area contributed by atoms with Crippen molar-refractivity contribution in [1.29, 1.82) is 0 Å². The monoisotopic (exact) mass is 390 g/mol. The van der Waals surface area contributed by atoms with Gasteiger partial charge < -0.3 is 20.1 Å². The summed E-state index contributed by atoms with van der Waals surface area (Å²) in [6.45, 7) is 1.90. The summed E-state index contributed by atoms with van der Waals surface area (Å²) in [4.78, 5) is 12.4. The topological polar surface area (TPSA) is 59.6 Å². The van der Waals surface area contributed by atoms with Gasteiger partial charge in [0.05, 0.1) is 19.8 Å². The highest BCUT2D eigenvalue weighted by molar-refractivity contribution is 14.1. The van der Waals surface area contributed by atoms with Crippen molar-refractivity contribution in [3.8, 4) is 11.5 Å². The number of carbonyl (C=O) groups is 1. The number of hydrogen-bond donors (Lipinski definition) is 2. The van der Waals surface area contributed by atoms with Crippen molar-refractivity contribution < 1.29 is 14.3 Å². The van der Waals surface area contributed by atoms with Crippen LogP contribution >= 0.6 is 22.6 Å². The average molecular weight is 390 g/mol. The van der Waals surface area contributed by atoms with Crippen molar-refractivity contribution in [3.05, 3.63) is 21.3 Å². The van der Waals surface area contributed by atoms with E-state index in [1.165, 1.54) is 0 Å². The van der Waals surface area contributed by atoms with Crippen LogP contribution in [0.2, 0.25) is 0 Å². The van der Waals surface area contributed by atoms with Crippen LogP contribution in [-0.4, -0.2) is 39.3 Å². The zero-order valence-electron chi connectivity index (χ0n) is 11.7. The summed E-state index contributed by atoms with van der Waals surface area (Å²) in [5.74, 6) is 1.15. The molecule has 1 aliphatic heterocycles. The molecule has 110 valence electrons. The Morgan fingerprint density at radius 1 is 1.25 bits per heavy atom. The van der Waals surface area contributed by atoms with E-state index in [9.17, 15) is 4.79 Å². The molecule has 5 nitrogen and oxygen atoms in total. The van der Waals surface area contributed by atoms with Gasteiger partial charge in [0.2, 0.25) is 0 Å². The number of methoxy groups -OCH3 is 2. The molecule has 0 aliphatic carbocycles. The molecule has 1 saturated heterocycles. The van der Waals surface area contributed by atoms with Crippen molar-refractivity contribution in [3.63, 3.8) is 0 Å². The molecule has 0 saturated carbocycles. The molecule has 0 unspecified atom stereocenters. The minimum atomic E-state index is -0.0535. The standard InChI is InChI=1S/C14H19IN2O3/c1-19-12-7-10(11(15)8-13(12)20-2)14(18)17-9-3-5-16-6-4-9/h7-9,16H,3-6H2,1-2H3,(H,17,18). The van der Waals surface area contributed by atoms with Gasteiger partial charge in [0, 0.05) is 9.61 Å². The summed E-state index contributed by atoms with van der Waals surface area (Å²) in [6, 6.07) is 3.79. The van der Waals surface area contributed by atoms with Gasteiger partial charge in [-0.15, -0.1) is 0 Å². The number of amides is 1. The van der Waals surface area contributed by atoms with Crippen molar-refractivity contribution in [2.24, 2.45) is 0 Å². The Hall–Kier alpha value is -1.02. The van der Waals surface area contributed by atoms with Crippen LogP contribution in [0.3, 0.4) is 0 Å². The number of carbonyl (C=O) groups excluding carboxylic acids is 1. The molecule has 0 spiro atoms. The Kier molecular flexibility index (Phi) is 5.47. The molecule has 0 aromatic heterocycles. The van der Waals surface area contributed by atoms with E-state index in [1.807, 2.05) is 6.07 Å². The van der Waals surface area contributed by atoms with E-state index in [0.717, 1.165) is 29.5 Å². The zero-order chi connectivity index (χ0) is 14.5. The highest BCUT2D eigenvalue weighted by Gasteiger charge is 2.20. The molecular formula is C14H19IN2O3. The summed E-state index contributed by atoms with van der Waals surface area (Å²) < 4.78 is 11.3. The fourth-order valence-corrected chi connectivity index (χ4v) is 2.94. The van der Waals surface area contributed by atoms with E-state index in [0.29, 0.717) is 17.1 Å². The van der Waals surface area contributed by atoms with Crippen LogP contribution in [0, 0.1) is 3.57 Å². The summed E-state index contributed by atoms with van der Waals surface area (Å²) in [5, 5.41) is 6.37. The van der Waals surface area contributed by atoms with E-state index >= 15 is 0 Å². The molecule has 0 bridgehead atoms. The molecule has 0 radical (unpaired) electrons. The van der Waals surface area contributed by atoms with E-state index in [4.69, 9.17) is 9.47 Å². The van der Waals surface area contributed by atoms with Crippen molar-refractivity contribution in [2.75, 3.05) is 27.3 Å². The van der Waals surface area contributed by atoms with Crippen LogP contribution in [0.4, 0.5) is 0 Å². The number of piperidine rings is 1. The molecule has 1 aromatic rings. The highest BCUT2D eigenvalue weighted by Crippen LogP contribution is 2.31. The van der Waals surface area contributed by atoms with Crippen molar-refractivity contribution in [2.45, 2.75) is 18.9 Å². The number of hydrogen-bond acceptors (Lipinski definition) is 4. The summed E-state index contributed by atoms with van der Waals surface area (Å²) in [6.07, 6.45) is 1.94. The summed E-state index contributed by atoms with van der Waals surface area (Å²) in [7, 11) is 3.15. The van der Waals surface area contributed by atoms with Gasteiger partial charge in [0.25, 0.3) is 5.91 Å². The Morgan fingerprint density at radius 2 is 1.85 bits per heavy atom. The third-order valence-electron chi connectivity index (χ3n) is 3.39. The SMILES string of the molecule is COc1cc(I)c(C(=O)NC2CCNCC2)cc1OC. The van der Waals surface area contributed by atoms with Gasteiger partial charge >= 0.3 is 0 Å². The highest BCUT2D eigenvalue weighted by atomic mass is 127. The van der Waals surface area contributed by atoms with Gasteiger partial charge in [-0.3, -0.25) is 4.79 Å². The van der Waals surface area contributed by atoms with Crippen LogP contribution < -0.4 is 20.1 Å². The van der Waals surface area contributed by atoms with Gasteiger partial charge in [-0.25, -0.2) is 0 Å². The first-order chi connectivity index (χ1) is 9.65. The third kappa shape index (κ3) is 3.54. The molecule has 1 aliphatic rings. The van der Waals surface area contributed by atoms with Crippen LogP contribution in [-0.2, 0) is 0 Å². The van der Waals surface area contributed by atoms with E-state index in [2.05, 4.69) is 33.2 Å². The molecular weight excluding hydrogens is 371 g/mol. The van der Waals surface area contributed by atoms with Crippen molar-refractivity contribution >= 4 is 28.5 Å². The minimum absolute atomic E-state index is 0.0535. The normalized spacial score (nSPS) is 15.8. The van der Waals surface area contributed by atoms with Gasteiger partial charge in [-0.05, 0) is 60.7 Å². The number of rotatable bonds is 4. The second-order valence-corrected chi connectivity index (χ2v) is 5.85. The predicted molar refractivity (Wildman–Crippen MR) is 85.6 cm³/mol. The van der Waals surface area contributed by atoms with Gasteiger partial charge in [-0.2, -0.15) is 0 Å². The lowest BCUT2D eigenvalue weighted by molar-refractivity contribution is 0.0928. The first-order valence-corrected chi connectivity index (χ1v) is 7.66. The van der Waals surface area contributed by atoms with Crippen LogP contribution in [0.15, 0.2) is 12.1 Å². The van der Waals surface area contributed by atoms with Crippen LogP contribution in [0.5, 0.6) is 11.5 Å². The number of ether oxygens (including phenoxy) is 2. The molecule has 6 heteroatoms. The number of halogens is 1. The lowest BCUT2D eigenvalue weighted by Gasteiger charge is -2.24. The van der Waals surface area contributed by atoms with Gasteiger partial charge in [0.1, 0.15) is 0 Å². The maximum absolute atomic E-state index is 12.4. The molecule has 2 rings (SSSR count). The predicted octanol–water partition coefficient (Wildman–Crippen LogP) is 1.79.